The van der Waals surface area contributed by atoms with Crippen molar-refractivity contribution < 1.29 is 19.2 Å². The number of amides is 2. The molecule has 0 aliphatic heterocycles. The van der Waals surface area contributed by atoms with Crippen molar-refractivity contribution in [1.29, 1.82) is 0 Å². The number of nitro benzene ring substituents is 1. The van der Waals surface area contributed by atoms with E-state index < -0.39 is 16.9 Å². The molecule has 2 amide bonds. The van der Waals surface area contributed by atoms with Crippen LogP contribution in [0.4, 0.5) is 10.5 Å². The SMILES string of the molecule is CN(C)CCNC(=O)c1cccc(COC(=O)N(CCCl)CCCl)c1[N+](=O)[O-].Cl. The Morgan fingerprint density at radius 2 is 1.79 bits per heavy atom. The van der Waals surface area contributed by atoms with Crippen LogP contribution >= 0.6 is 35.6 Å². The molecule has 9 nitrogen and oxygen atoms in total. The van der Waals surface area contributed by atoms with E-state index in [4.69, 9.17) is 27.9 Å². The van der Waals surface area contributed by atoms with Gasteiger partial charge in [0.1, 0.15) is 12.2 Å². The Kier molecular flexibility index (Phi) is 13.3. The minimum absolute atomic E-state index is 0. The van der Waals surface area contributed by atoms with Crippen molar-refractivity contribution in [2.24, 2.45) is 0 Å². The van der Waals surface area contributed by atoms with Gasteiger partial charge >= 0.3 is 6.09 Å². The Morgan fingerprint density at radius 1 is 1.17 bits per heavy atom. The summed E-state index contributed by atoms with van der Waals surface area (Å²) < 4.78 is 5.16. The Morgan fingerprint density at radius 3 is 2.31 bits per heavy atom. The van der Waals surface area contributed by atoms with Gasteiger partial charge in [0.05, 0.1) is 10.5 Å². The predicted molar refractivity (Wildman–Crippen MR) is 114 cm³/mol. The second-order valence-electron chi connectivity index (χ2n) is 6.05. The van der Waals surface area contributed by atoms with Gasteiger partial charge in [-0.25, -0.2) is 4.79 Å². The molecule has 12 heteroatoms. The number of benzene rings is 1. The van der Waals surface area contributed by atoms with E-state index in [-0.39, 0.29) is 60.7 Å². The van der Waals surface area contributed by atoms with Crippen molar-refractivity contribution in [2.75, 3.05) is 52.0 Å². The Labute approximate surface area is 185 Å². The molecule has 0 spiro atoms. The lowest BCUT2D eigenvalue weighted by Gasteiger charge is -2.20. The van der Waals surface area contributed by atoms with Crippen molar-refractivity contribution in [2.45, 2.75) is 6.61 Å². The molecule has 164 valence electrons. The number of carbonyl (C=O) groups excluding carboxylic acids is 2. The van der Waals surface area contributed by atoms with E-state index in [0.717, 1.165) is 0 Å². The highest BCUT2D eigenvalue weighted by atomic mass is 35.5. The van der Waals surface area contributed by atoms with Crippen LogP contribution in [0.2, 0.25) is 0 Å². The first-order chi connectivity index (χ1) is 13.3. The summed E-state index contributed by atoms with van der Waals surface area (Å²) in [6, 6.07) is 4.31. The molecule has 1 aromatic carbocycles. The molecule has 1 N–H and O–H groups in total. The third-order valence-corrected chi connectivity index (χ3v) is 4.05. The first-order valence-corrected chi connectivity index (χ1v) is 9.61. The monoisotopic (exact) mass is 470 g/mol. The van der Waals surface area contributed by atoms with Gasteiger partial charge in [-0.05, 0) is 26.2 Å². The fourth-order valence-corrected chi connectivity index (χ4v) is 2.73. The molecule has 0 unspecified atom stereocenters. The van der Waals surface area contributed by atoms with Crippen LogP contribution in [-0.2, 0) is 11.3 Å². The summed E-state index contributed by atoms with van der Waals surface area (Å²) in [4.78, 5) is 38.5. The summed E-state index contributed by atoms with van der Waals surface area (Å²) >= 11 is 11.3. The molecule has 0 bridgehead atoms. The minimum atomic E-state index is -0.684. The number of nitrogens with one attached hydrogen (secondary N) is 1. The summed E-state index contributed by atoms with van der Waals surface area (Å²) in [7, 11) is 3.70. The van der Waals surface area contributed by atoms with E-state index in [2.05, 4.69) is 5.32 Å². The quantitative estimate of drug-likeness (QED) is 0.302. The lowest BCUT2D eigenvalue weighted by atomic mass is 10.1. The Hall–Kier alpha value is -1.81. The summed E-state index contributed by atoms with van der Waals surface area (Å²) in [6.07, 6.45) is -0.684. The van der Waals surface area contributed by atoms with Gasteiger partial charge in [0.15, 0.2) is 0 Å². The molecule has 0 aliphatic rings. The summed E-state index contributed by atoms with van der Waals surface area (Å²) in [5, 5.41) is 14.2. The van der Waals surface area contributed by atoms with Crippen LogP contribution in [0.1, 0.15) is 15.9 Å². The Balaban J connectivity index is 0.00000784. The van der Waals surface area contributed by atoms with E-state index in [0.29, 0.717) is 13.1 Å². The fourth-order valence-electron chi connectivity index (χ4n) is 2.32. The first-order valence-electron chi connectivity index (χ1n) is 8.54. The lowest BCUT2D eigenvalue weighted by molar-refractivity contribution is -0.386. The predicted octanol–water partition coefficient (Wildman–Crippen LogP) is 2.72. The number of hydrogen-bond acceptors (Lipinski definition) is 6. The second-order valence-corrected chi connectivity index (χ2v) is 6.81. The number of nitrogens with zero attached hydrogens (tertiary/aromatic N) is 3. The highest BCUT2D eigenvalue weighted by Crippen LogP contribution is 2.25. The zero-order valence-corrected chi connectivity index (χ0v) is 18.6. The van der Waals surface area contributed by atoms with E-state index >= 15 is 0 Å². The van der Waals surface area contributed by atoms with Crippen LogP contribution in [0.5, 0.6) is 0 Å². The van der Waals surface area contributed by atoms with Gasteiger partial charge in [-0.15, -0.1) is 35.6 Å². The maximum atomic E-state index is 12.3. The fraction of sp³-hybridized carbons (Fsp3) is 0.529. The molecule has 0 fully saturated rings. The molecular weight excluding hydrogens is 447 g/mol. The topological polar surface area (TPSA) is 105 Å². The van der Waals surface area contributed by atoms with Crippen LogP contribution in [-0.4, -0.2) is 78.8 Å². The molecule has 1 aromatic rings. The van der Waals surface area contributed by atoms with Gasteiger partial charge in [0.25, 0.3) is 11.6 Å². The lowest BCUT2D eigenvalue weighted by Crippen LogP contribution is -2.35. The van der Waals surface area contributed by atoms with Crippen LogP contribution in [0.3, 0.4) is 0 Å². The molecule has 0 heterocycles. The average molecular weight is 472 g/mol. The molecule has 1 rings (SSSR count). The molecular formula is C17H25Cl3N4O5. The number of nitro groups is 1. The van der Waals surface area contributed by atoms with E-state index in [1.54, 1.807) is 0 Å². The van der Waals surface area contributed by atoms with Gasteiger partial charge in [-0.2, -0.15) is 0 Å². The normalized spacial score (nSPS) is 10.2. The molecule has 0 radical (unpaired) electrons. The van der Waals surface area contributed by atoms with E-state index in [9.17, 15) is 19.7 Å². The van der Waals surface area contributed by atoms with Crippen molar-refractivity contribution in [1.82, 2.24) is 15.1 Å². The largest absolute Gasteiger partial charge is 0.444 e. The van der Waals surface area contributed by atoms with Crippen LogP contribution < -0.4 is 5.32 Å². The smallest absolute Gasteiger partial charge is 0.410 e. The zero-order chi connectivity index (χ0) is 21.1. The molecule has 0 aromatic heterocycles. The van der Waals surface area contributed by atoms with Gasteiger partial charge in [-0.3, -0.25) is 14.9 Å². The molecule has 0 saturated heterocycles. The number of ether oxygens (including phenoxy) is 1. The number of carbonyl (C=O) groups is 2. The highest BCUT2D eigenvalue weighted by Gasteiger charge is 2.25. The summed E-state index contributed by atoms with van der Waals surface area (Å²) in [6.45, 7) is 1.06. The van der Waals surface area contributed by atoms with Crippen LogP contribution in [0, 0.1) is 10.1 Å². The van der Waals surface area contributed by atoms with Crippen molar-refractivity contribution in [3.05, 3.63) is 39.4 Å². The Bertz CT molecular complexity index is 685. The van der Waals surface area contributed by atoms with Crippen LogP contribution in [0.25, 0.3) is 0 Å². The van der Waals surface area contributed by atoms with Gasteiger partial charge in [-0.1, -0.05) is 6.07 Å². The average Bonchev–Trinajstić information content (AvgIpc) is 2.65. The third-order valence-electron chi connectivity index (χ3n) is 3.71. The standard InChI is InChI=1S/C17H24Cl2N4O5.ClH/c1-21(2)11-8-20-16(24)14-5-3-4-13(15(14)23(26)27)12-28-17(25)22(9-6-18)10-7-19;/h3-5H,6-12H2,1-2H3,(H,20,24);1H. The maximum absolute atomic E-state index is 12.3. The van der Waals surface area contributed by atoms with E-state index in [1.165, 1.54) is 23.1 Å². The first kappa shape index (κ1) is 27.2. The summed E-state index contributed by atoms with van der Waals surface area (Å²) in [5.74, 6) is -0.156. The summed E-state index contributed by atoms with van der Waals surface area (Å²) in [5.41, 5.74) is -0.357. The number of alkyl halides is 2. The molecule has 0 aliphatic carbocycles. The number of para-hydroxylation sites is 1. The van der Waals surface area contributed by atoms with Crippen molar-refractivity contribution >= 4 is 53.3 Å². The third kappa shape index (κ3) is 9.03. The second kappa shape index (κ2) is 14.2. The number of hydrogen-bond donors (Lipinski definition) is 1. The minimum Gasteiger partial charge on any atom is -0.444 e. The number of likely N-dealkylation sites (N-methyl/N-ethyl adjacent to an activating group) is 1. The number of halogens is 3. The van der Waals surface area contributed by atoms with Gasteiger partial charge < -0.3 is 19.9 Å². The maximum Gasteiger partial charge on any atom is 0.410 e. The zero-order valence-electron chi connectivity index (χ0n) is 16.2. The van der Waals surface area contributed by atoms with Gasteiger partial charge in [0, 0.05) is 37.9 Å². The molecule has 0 atom stereocenters. The highest BCUT2D eigenvalue weighted by molar-refractivity contribution is 6.18. The van der Waals surface area contributed by atoms with E-state index in [1.807, 2.05) is 19.0 Å². The van der Waals surface area contributed by atoms with Crippen molar-refractivity contribution in [3.8, 4) is 0 Å². The molecule has 29 heavy (non-hydrogen) atoms. The van der Waals surface area contributed by atoms with Gasteiger partial charge in [0.2, 0.25) is 0 Å². The van der Waals surface area contributed by atoms with Crippen molar-refractivity contribution in [3.63, 3.8) is 0 Å². The number of rotatable bonds is 11. The molecule has 0 saturated carbocycles. The van der Waals surface area contributed by atoms with Crippen LogP contribution in [0.15, 0.2) is 18.2 Å².